The highest BCUT2D eigenvalue weighted by Crippen LogP contribution is 2.35. The van der Waals surface area contributed by atoms with Gasteiger partial charge in [-0.1, -0.05) is 37.0 Å². The summed E-state index contributed by atoms with van der Waals surface area (Å²) in [4.78, 5) is 38.0. The number of aromatic nitrogens is 2. The maximum atomic E-state index is 13.6. The van der Waals surface area contributed by atoms with Gasteiger partial charge in [0.25, 0.3) is 11.5 Å². The zero-order valence-corrected chi connectivity index (χ0v) is 20.8. The molecule has 4 heterocycles. The van der Waals surface area contributed by atoms with Gasteiger partial charge in [-0.2, -0.15) is 0 Å². The third kappa shape index (κ3) is 4.57. The number of aryl methyl sites for hydroxylation is 1. The van der Waals surface area contributed by atoms with Crippen LogP contribution >= 0.6 is 24.0 Å². The Balaban J connectivity index is 1.80. The monoisotopic (exact) mass is 487 g/mol. The number of carbonyl (C=O) groups is 1. The molecule has 1 amide bonds. The van der Waals surface area contributed by atoms with Crippen LogP contribution in [0.25, 0.3) is 11.7 Å². The lowest BCUT2D eigenvalue weighted by Gasteiger charge is -2.35. The number of hydrogen-bond donors (Lipinski definition) is 1. The number of aliphatic hydroxyl groups excluding tert-OH is 1. The second-order valence-electron chi connectivity index (χ2n) is 8.40. The van der Waals surface area contributed by atoms with Crippen molar-refractivity contribution in [1.29, 1.82) is 0 Å². The van der Waals surface area contributed by atoms with Crippen LogP contribution in [0.2, 0.25) is 0 Å². The van der Waals surface area contributed by atoms with E-state index >= 15 is 0 Å². The van der Waals surface area contributed by atoms with Crippen molar-refractivity contribution in [2.75, 3.05) is 44.2 Å². The molecule has 2 aliphatic heterocycles. The Morgan fingerprint density at radius 3 is 2.67 bits per heavy atom. The number of thioether (sulfide) groups is 1. The molecule has 8 nitrogen and oxygen atoms in total. The Hall–Kier alpha value is -2.27. The number of thiocarbonyl (C=S) groups is 1. The van der Waals surface area contributed by atoms with Crippen molar-refractivity contribution in [2.24, 2.45) is 0 Å². The summed E-state index contributed by atoms with van der Waals surface area (Å²) in [6, 6.07) is 3.76. The lowest BCUT2D eigenvalue weighted by molar-refractivity contribution is -0.123. The van der Waals surface area contributed by atoms with E-state index in [1.807, 2.05) is 32.9 Å². The normalized spacial score (nSPS) is 19.8. The summed E-state index contributed by atoms with van der Waals surface area (Å²) in [5, 5.41) is 9.25. The molecule has 2 aliphatic rings. The van der Waals surface area contributed by atoms with E-state index in [0.29, 0.717) is 45.9 Å². The molecule has 10 heteroatoms. The number of carbonyl (C=O) groups excluding carboxylic acids is 1. The predicted octanol–water partition coefficient (Wildman–Crippen LogP) is 2.12. The van der Waals surface area contributed by atoms with Crippen molar-refractivity contribution in [3.8, 4) is 0 Å². The first-order chi connectivity index (χ1) is 15.8. The number of nitrogens with zero attached hydrogens (tertiary/aromatic N) is 5. The van der Waals surface area contributed by atoms with Crippen LogP contribution in [0.3, 0.4) is 0 Å². The first-order valence-corrected chi connectivity index (χ1v) is 12.4. The summed E-state index contributed by atoms with van der Waals surface area (Å²) < 4.78 is 2.06. The molecule has 176 valence electrons. The Kier molecular flexibility index (Phi) is 7.18. The van der Waals surface area contributed by atoms with E-state index in [-0.39, 0.29) is 24.1 Å². The molecule has 33 heavy (non-hydrogen) atoms. The average molecular weight is 488 g/mol. The van der Waals surface area contributed by atoms with Crippen molar-refractivity contribution in [3.05, 3.63) is 44.7 Å². The van der Waals surface area contributed by atoms with Crippen LogP contribution in [0, 0.1) is 6.92 Å². The molecule has 1 atom stereocenters. The SMILES string of the molecule is CC[C@@H](C)N1C(=O)/C(=C/c2c(N3CCN(CCO)CC3)nc3c(C)cccn3c2=O)SC1=S. The van der Waals surface area contributed by atoms with Crippen LogP contribution in [0.5, 0.6) is 0 Å². The number of rotatable bonds is 6. The summed E-state index contributed by atoms with van der Waals surface area (Å²) in [5.41, 5.74) is 1.72. The van der Waals surface area contributed by atoms with Crippen LogP contribution in [0.4, 0.5) is 5.82 Å². The zero-order chi connectivity index (χ0) is 23.7. The van der Waals surface area contributed by atoms with Gasteiger partial charge in [-0.05, 0) is 38.0 Å². The van der Waals surface area contributed by atoms with E-state index in [1.165, 1.54) is 11.8 Å². The number of amides is 1. The lowest BCUT2D eigenvalue weighted by atomic mass is 10.2. The third-order valence-corrected chi connectivity index (χ3v) is 7.61. The van der Waals surface area contributed by atoms with Gasteiger partial charge < -0.3 is 10.0 Å². The minimum Gasteiger partial charge on any atom is -0.395 e. The predicted molar refractivity (Wildman–Crippen MR) is 137 cm³/mol. The van der Waals surface area contributed by atoms with Gasteiger partial charge >= 0.3 is 0 Å². The molecular formula is C23H29N5O3S2. The van der Waals surface area contributed by atoms with E-state index < -0.39 is 0 Å². The van der Waals surface area contributed by atoms with Crippen LogP contribution in [0.15, 0.2) is 28.0 Å². The highest BCUT2D eigenvalue weighted by atomic mass is 32.2. The third-order valence-electron chi connectivity index (χ3n) is 6.28. The largest absolute Gasteiger partial charge is 0.395 e. The highest BCUT2D eigenvalue weighted by molar-refractivity contribution is 8.26. The second-order valence-corrected chi connectivity index (χ2v) is 10.1. The van der Waals surface area contributed by atoms with Gasteiger partial charge in [0.1, 0.15) is 15.8 Å². The number of β-amino-alcohol motifs (C(OH)–C–C–N with tert-alkyl or cyclic N) is 1. The average Bonchev–Trinajstić information content (AvgIpc) is 3.09. The second kappa shape index (κ2) is 9.92. The van der Waals surface area contributed by atoms with E-state index in [0.717, 1.165) is 25.1 Å². The highest BCUT2D eigenvalue weighted by Gasteiger charge is 2.35. The van der Waals surface area contributed by atoms with E-state index in [4.69, 9.17) is 17.2 Å². The van der Waals surface area contributed by atoms with E-state index in [9.17, 15) is 14.7 Å². The molecule has 2 aromatic rings. The van der Waals surface area contributed by atoms with Crippen molar-refractivity contribution < 1.29 is 9.90 Å². The van der Waals surface area contributed by atoms with Crippen molar-refractivity contribution >= 4 is 51.7 Å². The maximum Gasteiger partial charge on any atom is 0.267 e. The number of hydrogen-bond acceptors (Lipinski definition) is 8. The van der Waals surface area contributed by atoms with Crippen molar-refractivity contribution in [1.82, 2.24) is 19.2 Å². The summed E-state index contributed by atoms with van der Waals surface area (Å²) in [5.74, 6) is 0.429. The fourth-order valence-corrected chi connectivity index (χ4v) is 5.61. The fourth-order valence-electron chi connectivity index (χ4n) is 4.17. The molecule has 2 saturated heterocycles. The van der Waals surface area contributed by atoms with Gasteiger partial charge in [0.05, 0.1) is 17.1 Å². The molecule has 0 bridgehead atoms. The van der Waals surface area contributed by atoms with E-state index in [1.54, 1.807) is 21.6 Å². The molecule has 4 rings (SSSR count). The lowest BCUT2D eigenvalue weighted by Crippen LogP contribution is -2.48. The van der Waals surface area contributed by atoms with Gasteiger partial charge in [-0.3, -0.25) is 23.8 Å². The molecule has 0 aliphatic carbocycles. The van der Waals surface area contributed by atoms with Crippen LogP contribution in [-0.4, -0.2) is 79.9 Å². The molecule has 0 spiro atoms. The number of pyridine rings is 1. The van der Waals surface area contributed by atoms with Crippen LogP contribution < -0.4 is 10.5 Å². The number of piperazine rings is 1. The molecule has 0 radical (unpaired) electrons. The quantitative estimate of drug-likeness (QED) is 0.490. The Bertz CT molecular complexity index is 1170. The molecular weight excluding hydrogens is 458 g/mol. The summed E-state index contributed by atoms with van der Waals surface area (Å²) in [7, 11) is 0. The summed E-state index contributed by atoms with van der Waals surface area (Å²) >= 11 is 6.71. The molecule has 1 N–H and O–H groups in total. The van der Waals surface area contributed by atoms with Crippen molar-refractivity contribution in [2.45, 2.75) is 33.2 Å². The Morgan fingerprint density at radius 1 is 1.27 bits per heavy atom. The van der Waals surface area contributed by atoms with Gasteiger partial charge in [0.2, 0.25) is 0 Å². The number of aliphatic hydroxyl groups is 1. The zero-order valence-electron chi connectivity index (χ0n) is 19.2. The number of fused-ring (bicyclic) bond motifs is 1. The Morgan fingerprint density at radius 2 is 2.00 bits per heavy atom. The standard InChI is InChI=1S/C23H29N5O3S2/c1-4-16(3)28-22(31)18(33-23(28)32)14-17-20(26-10-8-25(9-11-26)12-13-29)24-19-15(2)6-5-7-27(19)21(17)30/h5-7,14,16,29H,4,8-13H2,1-3H3/b18-14-/t16-/m1/s1. The first-order valence-electron chi connectivity index (χ1n) is 11.2. The van der Waals surface area contributed by atoms with Gasteiger partial charge in [-0.15, -0.1) is 0 Å². The summed E-state index contributed by atoms with van der Waals surface area (Å²) in [6.07, 6.45) is 4.17. The van der Waals surface area contributed by atoms with Gasteiger partial charge in [0.15, 0.2) is 0 Å². The smallest absolute Gasteiger partial charge is 0.267 e. The summed E-state index contributed by atoms with van der Waals surface area (Å²) in [6.45, 7) is 9.58. The number of anilines is 1. The van der Waals surface area contributed by atoms with Crippen LogP contribution in [-0.2, 0) is 4.79 Å². The fraction of sp³-hybridized carbons (Fsp3) is 0.478. The molecule has 0 saturated carbocycles. The topological polar surface area (TPSA) is 81.4 Å². The van der Waals surface area contributed by atoms with Gasteiger partial charge in [-0.25, -0.2) is 4.98 Å². The van der Waals surface area contributed by atoms with Gasteiger partial charge in [0, 0.05) is 45.0 Å². The Labute approximate surface area is 202 Å². The molecule has 2 fully saturated rings. The minimum absolute atomic E-state index is 0.000878. The first kappa shape index (κ1) is 23.9. The van der Waals surface area contributed by atoms with Crippen LogP contribution in [0.1, 0.15) is 31.4 Å². The van der Waals surface area contributed by atoms with Crippen molar-refractivity contribution in [3.63, 3.8) is 0 Å². The molecule has 0 unspecified atom stereocenters. The minimum atomic E-state index is -0.203. The molecule has 0 aromatic carbocycles. The van der Waals surface area contributed by atoms with E-state index in [2.05, 4.69) is 9.80 Å². The maximum absolute atomic E-state index is 13.6. The molecule has 2 aromatic heterocycles.